The summed E-state index contributed by atoms with van der Waals surface area (Å²) in [6, 6.07) is 6.50. The van der Waals surface area contributed by atoms with Crippen LogP contribution in [0.5, 0.6) is 11.5 Å². The summed E-state index contributed by atoms with van der Waals surface area (Å²) in [7, 11) is 1.56. The Morgan fingerprint density at radius 3 is 2.65 bits per heavy atom. The number of aliphatic hydroxyl groups excluding tert-OH is 2. The molecule has 0 saturated heterocycles. The monoisotopic (exact) mass is 281 g/mol. The van der Waals surface area contributed by atoms with E-state index in [1.165, 1.54) is 6.92 Å². The maximum Gasteiger partial charge on any atom is 0.217 e. The van der Waals surface area contributed by atoms with Crippen molar-refractivity contribution in [3.8, 4) is 11.5 Å². The molecule has 0 aliphatic heterocycles. The molecule has 2 rings (SSSR count). The predicted octanol–water partition coefficient (Wildman–Crippen LogP) is 0.0728. The molecular formula is C14H19NO5. The van der Waals surface area contributed by atoms with Crippen LogP contribution < -0.4 is 14.8 Å². The van der Waals surface area contributed by atoms with E-state index in [1.54, 1.807) is 31.4 Å². The van der Waals surface area contributed by atoms with Gasteiger partial charge in [0.1, 0.15) is 29.8 Å². The summed E-state index contributed by atoms with van der Waals surface area (Å²) in [5, 5.41) is 22.5. The summed E-state index contributed by atoms with van der Waals surface area (Å²) in [6.07, 6.45) is -2.31. The number of benzene rings is 1. The Morgan fingerprint density at radius 2 is 2.00 bits per heavy atom. The fourth-order valence-corrected chi connectivity index (χ4v) is 2.36. The zero-order valence-corrected chi connectivity index (χ0v) is 11.4. The highest BCUT2D eigenvalue weighted by molar-refractivity contribution is 5.73. The van der Waals surface area contributed by atoms with Gasteiger partial charge in [0.25, 0.3) is 0 Å². The van der Waals surface area contributed by atoms with Crippen LogP contribution in [-0.2, 0) is 4.79 Å². The molecule has 0 aromatic heterocycles. The van der Waals surface area contributed by atoms with Crippen LogP contribution in [0.25, 0.3) is 0 Å². The van der Waals surface area contributed by atoms with Gasteiger partial charge in [-0.3, -0.25) is 4.79 Å². The van der Waals surface area contributed by atoms with Gasteiger partial charge in [0.05, 0.1) is 13.2 Å². The Hall–Kier alpha value is -1.79. The van der Waals surface area contributed by atoms with E-state index in [9.17, 15) is 15.0 Å². The first kappa shape index (κ1) is 14.6. The van der Waals surface area contributed by atoms with Gasteiger partial charge in [-0.25, -0.2) is 0 Å². The van der Waals surface area contributed by atoms with E-state index in [4.69, 9.17) is 9.47 Å². The van der Waals surface area contributed by atoms with Gasteiger partial charge in [-0.15, -0.1) is 0 Å². The van der Waals surface area contributed by atoms with Crippen molar-refractivity contribution in [2.24, 2.45) is 0 Å². The fourth-order valence-electron chi connectivity index (χ4n) is 2.36. The lowest BCUT2D eigenvalue weighted by molar-refractivity contribution is -0.120. The smallest absolute Gasteiger partial charge is 0.217 e. The molecule has 1 amide bonds. The van der Waals surface area contributed by atoms with Crippen LogP contribution >= 0.6 is 0 Å². The molecule has 1 aromatic carbocycles. The first-order valence-electron chi connectivity index (χ1n) is 6.45. The number of nitrogens with one attached hydrogen (secondary N) is 1. The number of aliphatic hydroxyl groups is 2. The number of rotatable bonds is 4. The molecule has 0 radical (unpaired) electrons. The molecule has 1 saturated carbocycles. The van der Waals surface area contributed by atoms with Gasteiger partial charge in [0, 0.05) is 19.4 Å². The molecule has 0 bridgehead atoms. The van der Waals surface area contributed by atoms with Crippen molar-refractivity contribution in [3.05, 3.63) is 24.3 Å². The summed E-state index contributed by atoms with van der Waals surface area (Å²) >= 11 is 0. The summed E-state index contributed by atoms with van der Waals surface area (Å²) in [4.78, 5) is 11.0. The highest BCUT2D eigenvalue weighted by Crippen LogP contribution is 2.27. The minimum atomic E-state index is -1.04. The Labute approximate surface area is 117 Å². The normalized spacial score (nSPS) is 29.0. The molecule has 3 N–H and O–H groups in total. The first-order chi connectivity index (χ1) is 9.51. The molecule has 1 aliphatic rings. The minimum Gasteiger partial charge on any atom is -0.497 e. The second-order valence-electron chi connectivity index (χ2n) is 4.86. The summed E-state index contributed by atoms with van der Waals surface area (Å²) in [6.45, 7) is 1.37. The minimum absolute atomic E-state index is 0.247. The average molecular weight is 281 g/mol. The third-order valence-corrected chi connectivity index (χ3v) is 3.35. The van der Waals surface area contributed by atoms with Crippen molar-refractivity contribution < 1.29 is 24.5 Å². The zero-order valence-electron chi connectivity index (χ0n) is 11.4. The van der Waals surface area contributed by atoms with E-state index < -0.39 is 24.4 Å². The summed E-state index contributed by atoms with van der Waals surface area (Å²) in [5.41, 5.74) is 0. The molecule has 1 aromatic rings. The molecule has 6 heteroatoms. The number of ether oxygens (including phenoxy) is 2. The number of carbonyl (C=O) groups excluding carboxylic acids is 1. The highest BCUT2D eigenvalue weighted by Gasteiger charge is 2.43. The molecule has 20 heavy (non-hydrogen) atoms. The molecule has 4 atom stereocenters. The third-order valence-electron chi connectivity index (χ3n) is 3.35. The lowest BCUT2D eigenvalue weighted by Gasteiger charge is -2.18. The number of amides is 1. The second-order valence-corrected chi connectivity index (χ2v) is 4.86. The largest absolute Gasteiger partial charge is 0.497 e. The van der Waals surface area contributed by atoms with E-state index in [1.807, 2.05) is 0 Å². The van der Waals surface area contributed by atoms with E-state index in [2.05, 4.69) is 5.32 Å². The van der Waals surface area contributed by atoms with Crippen LogP contribution in [0.2, 0.25) is 0 Å². The Balaban J connectivity index is 2.04. The quantitative estimate of drug-likeness (QED) is 0.727. The Morgan fingerprint density at radius 1 is 1.30 bits per heavy atom. The van der Waals surface area contributed by atoms with Crippen molar-refractivity contribution in [1.82, 2.24) is 5.32 Å². The number of methoxy groups -OCH3 is 1. The van der Waals surface area contributed by atoms with Crippen LogP contribution in [0.1, 0.15) is 13.3 Å². The number of hydrogen-bond donors (Lipinski definition) is 3. The number of carbonyl (C=O) groups is 1. The van der Waals surface area contributed by atoms with Crippen LogP contribution in [0.4, 0.5) is 0 Å². The van der Waals surface area contributed by atoms with Crippen LogP contribution in [0, 0.1) is 0 Å². The second kappa shape index (κ2) is 6.11. The predicted molar refractivity (Wildman–Crippen MR) is 71.6 cm³/mol. The summed E-state index contributed by atoms with van der Waals surface area (Å²) in [5.74, 6) is 0.946. The van der Waals surface area contributed by atoms with Gasteiger partial charge in [-0.05, 0) is 12.1 Å². The molecule has 0 heterocycles. The van der Waals surface area contributed by atoms with Crippen molar-refractivity contribution in [3.63, 3.8) is 0 Å². The van der Waals surface area contributed by atoms with Crippen molar-refractivity contribution in [2.75, 3.05) is 7.11 Å². The molecule has 110 valence electrons. The van der Waals surface area contributed by atoms with Crippen LogP contribution in [-0.4, -0.2) is 47.6 Å². The van der Waals surface area contributed by atoms with Crippen molar-refractivity contribution >= 4 is 5.91 Å². The zero-order chi connectivity index (χ0) is 14.7. The molecule has 0 spiro atoms. The highest BCUT2D eigenvalue weighted by atomic mass is 16.5. The average Bonchev–Trinajstić information content (AvgIpc) is 2.67. The van der Waals surface area contributed by atoms with Gasteiger partial charge in [0.2, 0.25) is 5.91 Å². The fraction of sp³-hybridized carbons (Fsp3) is 0.500. The molecule has 1 aliphatic carbocycles. The lowest BCUT2D eigenvalue weighted by Crippen LogP contribution is -2.42. The third kappa shape index (κ3) is 3.20. The molecule has 6 nitrogen and oxygen atoms in total. The standard InChI is InChI=1S/C14H19NO5/c1-8(16)15-11-7-12(14(18)13(11)17)20-10-5-3-4-9(6-10)19-2/h3-6,11-14,17-18H,7H2,1-2H3,(H,15,16)/t11-,12-,13+,14+/m1/s1. The topological polar surface area (TPSA) is 88.0 Å². The van der Waals surface area contributed by atoms with Crippen molar-refractivity contribution in [2.45, 2.75) is 37.7 Å². The van der Waals surface area contributed by atoms with Gasteiger partial charge in [-0.1, -0.05) is 6.07 Å². The van der Waals surface area contributed by atoms with Gasteiger partial charge in [0.15, 0.2) is 0 Å². The van der Waals surface area contributed by atoms with E-state index in [0.717, 1.165) is 0 Å². The molecular weight excluding hydrogens is 262 g/mol. The maximum absolute atomic E-state index is 11.0. The van der Waals surface area contributed by atoms with Crippen LogP contribution in [0.15, 0.2) is 24.3 Å². The van der Waals surface area contributed by atoms with Gasteiger partial charge < -0.3 is 25.0 Å². The Kier molecular flexibility index (Phi) is 4.46. The van der Waals surface area contributed by atoms with Crippen LogP contribution in [0.3, 0.4) is 0 Å². The van der Waals surface area contributed by atoms with E-state index in [-0.39, 0.29) is 5.91 Å². The van der Waals surface area contributed by atoms with Gasteiger partial charge >= 0.3 is 0 Å². The van der Waals surface area contributed by atoms with Gasteiger partial charge in [-0.2, -0.15) is 0 Å². The van der Waals surface area contributed by atoms with E-state index in [0.29, 0.717) is 17.9 Å². The molecule has 1 fully saturated rings. The lowest BCUT2D eigenvalue weighted by atomic mass is 10.2. The molecule has 0 unspecified atom stereocenters. The SMILES string of the molecule is COc1cccc(O[C@@H]2C[C@@H](NC(C)=O)[C@H](O)[C@H]2O)c1. The first-order valence-corrected chi connectivity index (χ1v) is 6.45. The number of hydrogen-bond acceptors (Lipinski definition) is 5. The van der Waals surface area contributed by atoms with Crippen molar-refractivity contribution in [1.29, 1.82) is 0 Å². The summed E-state index contributed by atoms with van der Waals surface area (Å²) < 4.78 is 10.8. The van der Waals surface area contributed by atoms with E-state index >= 15 is 0 Å². The Bertz CT molecular complexity index is 478. The maximum atomic E-state index is 11.0.